The molecule has 3 atom stereocenters. The first-order chi connectivity index (χ1) is 7.78. The van der Waals surface area contributed by atoms with Crippen molar-refractivity contribution in [3.8, 4) is 0 Å². The van der Waals surface area contributed by atoms with Crippen molar-refractivity contribution in [3.63, 3.8) is 0 Å². The van der Waals surface area contributed by atoms with Crippen LogP contribution in [0.2, 0.25) is 0 Å². The number of ether oxygens (including phenoxy) is 1. The highest BCUT2D eigenvalue weighted by molar-refractivity contribution is 5.87. The SMILES string of the molecule is COC1CC(NC(=O)C(N)CC(N)=O)C1(C)C. The number of nitrogens with one attached hydrogen (secondary N) is 1. The van der Waals surface area contributed by atoms with E-state index in [1.807, 2.05) is 13.8 Å². The quantitative estimate of drug-likeness (QED) is 0.582. The van der Waals surface area contributed by atoms with Gasteiger partial charge in [0.1, 0.15) is 0 Å². The smallest absolute Gasteiger partial charge is 0.237 e. The second-order valence-electron chi connectivity index (χ2n) is 5.12. The van der Waals surface area contributed by atoms with Crippen LogP contribution < -0.4 is 16.8 Å². The van der Waals surface area contributed by atoms with E-state index in [4.69, 9.17) is 16.2 Å². The third kappa shape index (κ3) is 2.95. The molecule has 98 valence electrons. The van der Waals surface area contributed by atoms with Crippen LogP contribution in [0.1, 0.15) is 26.7 Å². The number of primary amides is 1. The van der Waals surface area contributed by atoms with Crippen LogP contribution in [0.4, 0.5) is 0 Å². The van der Waals surface area contributed by atoms with Crippen molar-refractivity contribution in [2.24, 2.45) is 16.9 Å². The van der Waals surface area contributed by atoms with Crippen molar-refractivity contribution in [3.05, 3.63) is 0 Å². The van der Waals surface area contributed by atoms with Crippen molar-refractivity contribution in [1.29, 1.82) is 0 Å². The summed E-state index contributed by atoms with van der Waals surface area (Å²) in [4.78, 5) is 22.3. The molecule has 1 rings (SSSR count). The number of amides is 2. The Morgan fingerprint density at radius 1 is 1.53 bits per heavy atom. The Balaban J connectivity index is 2.46. The van der Waals surface area contributed by atoms with E-state index in [9.17, 15) is 9.59 Å². The van der Waals surface area contributed by atoms with Crippen molar-refractivity contribution in [2.75, 3.05) is 7.11 Å². The van der Waals surface area contributed by atoms with E-state index in [1.165, 1.54) is 0 Å². The van der Waals surface area contributed by atoms with Crippen LogP contribution in [0.15, 0.2) is 0 Å². The van der Waals surface area contributed by atoms with Crippen LogP contribution in [0.3, 0.4) is 0 Å². The van der Waals surface area contributed by atoms with E-state index in [2.05, 4.69) is 5.32 Å². The monoisotopic (exact) mass is 243 g/mol. The Labute approximate surface area is 101 Å². The molecule has 0 aromatic rings. The molecule has 5 N–H and O–H groups in total. The maximum absolute atomic E-state index is 11.7. The predicted molar refractivity (Wildman–Crippen MR) is 62.9 cm³/mol. The van der Waals surface area contributed by atoms with Gasteiger partial charge in [0.15, 0.2) is 0 Å². The maximum atomic E-state index is 11.7. The highest BCUT2D eigenvalue weighted by Gasteiger charge is 2.49. The normalized spacial score (nSPS) is 28.0. The summed E-state index contributed by atoms with van der Waals surface area (Å²) in [5.41, 5.74) is 10.4. The summed E-state index contributed by atoms with van der Waals surface area (Å²) < 4.78 is 5.28. The van der Waals surface area contributed by atoms with Gasteiger partial charge in [-0.05, 0) is 6.42 Å². The molecule has 6 heteroatoms. The molecule has 1 aliphatic carbocycles. The van der Waals surface area contributed by atoms with Crippen LogP contribution in [-0.4, -0.2) is 37.1 Å². The molecule has 0 aliphatic heterocycles. The zero-order chi connectivity index (χ0) is 13.2. The number of nitrogens with two attached hydrogens (primary N) is 2. The summed E-state index contributed by atoms with van der Waals surface area (Å²) in [6.45, 7) is 4.05. The minimum atomic E-state index is -0.870. The van der Waals surface area contributed by atoms with Crippen LogP contribution in [0.25, 0.3) is 0 Å². The lowest BCUT2D eigenvalue weighted by Gasteiger charge is -2.51. The third-order valence-corrected chi connectivity index (χ3v) is 3.54. The van der Waals surface area contributed by atoms with Gasteiger partial charge in [-0.2, -0.15) is 0 Å². The summed E-state index contributed by atoms with van der Waals surface area (Å²) in [6, 6.07) is -0.844. The van der Waals surface area contributed by atoms with E-state index in [-0.39, 0.29) is 29.9 Å². The molecular weight excluding hydrogens is 222 g/mol. The van der Waals surface area contributed by atoms with Crippen molar-refractivity contribution in [2.45, 2.75) is 44.9 Å². The first kappa shape index (κ1) is 13.9. The molecular formula is C11H21N3O3. The molecule has 0 aromatic heterocycles. The molecule has 1 aliphatic rings. The van der Waals surface area contributed by atoms with Gasteiger partial charge in [-0.25, -0.2) is 0 Å². The molecule has 6 nitrogen and oxygen atoms in total. The number of hydrogen-bond donors (Lipinski definition) is 3. The molecule has 1 saturated carbocycles. The van der Waals surface area contributed by atoms with Gasteiger partial charge >= 0.3 is 0 Å². The molecule has 0 aromatic carbocycles. The van der Waals surface area contributed by atoms with Crippen molar-refractivity contribution < 1.29 is 14.3 Å². The minimum absolute atomic E-state index is 0.0267. The lowest BCUT2D eigenvalue weighted by atomic mass is 9.64. The van der Waals surface area contributed by atoms with Gasteiger partial charge in [-0.3, -0.25) is 9.59 Å². The average molecular weight is 243 g/mol. The standard InChI is InChI=1S/C11H21N3O3/c1-11(2)7(5-8(11)17-3)14-10(16)6(12)4-9(13)15/h6-8H,4-5,12H2,1-3H3,(H2,13,15)(H,14,16). The van der Waals surface area contributed by atoms with Crippen molar-refractivity contribution in [1.82, 2.24) is 5.32 Å². The molecule has 0 heterocycles. The second kappa shape index (κ2) is 5.01. The van der Waals surface area contributed by atoms with Crippen LogP contribution in [0.5, 0.6) is 0 Å². The number of methoxy groups -OCH3 is 1. The third-order valence-electron chi connectivity index (χ3n) is 3.54. The van der Waals surface area contributed by atoms with Gasteiger partial charge in [0, 0.05) is 18.6 Å². The first-order valence-electron chi connectivity index (χ1n) is 5.66. The Morgan fingerprint density at radius 3 is 2.53 bits per heavy atom. The molecule has 0 saturated heterocycles. The van der Waals surface area contributed by atoms with Gasteiger partial charge in [-0.1, -0.05) is 13.8 Å². The van der Waals surface area contributed by atoms with E-state index in [0.717, 1.165) is 6.42 Å². The predicted octanol–water partition coefficient (Wildman–Crippen LogP) is -0.881. The Bertz CT molecular complexity index is 317. The zero-order valence-corrected chi connectivity index (χ0v) is 10.5. The lowest BCUT2D eigenvalue weighted by Crippen LogP contribution is -2.63. The fraction of sp³-hybridized carbons (Fsp3) is 0.818. The Kier molecular flexibility index (Phi) is 4.11. The Hall–Kier alpha value is -1.14. The van der Waals surface area contributed by atoms with Crippen molar-refractivity contribution >= 4 is 11.8 Å². The van der Waals surface area contributed by atoms with E-state index < -0.39 is 11.9 Å². The van der Waals surface area contributed by atoms with Gasteiger partial charge < -0.3 is 21.5 Å². The average Bonchev–Trinajstić information content (AvgIpc) is 2.22. The number of carbonyl (C=O) groups excluding carboxylic acids is 2. The summed E-state index contributed by atoms with van der Waals surface area (Å²) in [5, 5.41) is 2.82. The van der Waals surface area contributed by atoms with Crippen LogP contribution >= 0.6 is 0 Å². The largest absolute Gasteiger partial charge is 0.381 e. The van der Waals surface area contributed by atoms with Crippen LogP contribution in [-0.2, 0) is 14.3 Å². The molecule has 17 heavy (non-hydrogen) atoms. The fourth-order valence-electron chi connectivity index (χ4n) is 2.12. The molecule has 2 amide bonds. The molecule has 1 fully saturated rings. The van der Waals surface area contributed by atoms with Gasteiger partial charge in [0.25, 0.3) is 0 Å². The fourth-order valence-corrected chi connectivity index (χ4v) is 2.12. The second-order valence-corrected chi connectivity index (χ2v) is 5.12. The van der Waals surface area contributed by atoms with E-state index in [1.54, 1.807) is 7.11 Å². The summed E-state index contributed by atoms with van der Waals surface area (Å²) in [6.07, 6.45) is 0.769. The van der Waals surface area contributed by atoms with Gasteiger partial charge in [0.2, 0.25) is 11.8 Å². The molecule has 0 spiro atoms. The molecule has 3 unspecified atom stereocenters. The summed E-state index contributed by atoms with van der Waals surface area (Å²) >= 11 is 0. The van der Waals surface area contributed by atoms with Crippen LogP contribution in [0, 0.1) is 5.41 Å². The Morgan fingerprint density at radius 2 is 2.12 bits per heavy atom. The number of hydrogen-bond acceptors (Lipinski definition) is 4. The minimum Gasteiger partial charge on any atom is -0.381 e. The number of carbonyl (C=O) groups is 2. The molecule has 0 bridgehead atoms. The highest BCUT2D eigenvalue weighted by atomic mass is 16.5. The summed E-state index contributed by atoms with van der Waals surface area (Å²) in [7, 11) is 1.66. The maximum Gasteiger partial charge on any atom is 0.237 e. The summed E-state index contributed by atoms with van der Waals surface area (Å²) in [5.74, 6) is -0.910. The van der Waals surface area contributed by atoms with E-state index in [0.29, 0.717) is 0 Å². The lowest BCUT2D eigenvalue weighted by molar-refractivity contribution is -0.135. The highest BCUT2D eigenvalue weighted by Crippen LogP contribution is 2.42. The number of rotatable bonds is 5. The van der Waals surface area contributed by atoms with Gasteiger partial charge in [0.05, 0.1) is 18.6 Å². The first-order valence-corrected chi connectivity index (χ1v) is 5.66. The van der Waals surface area contributed by atoms with E-state index >= 15 is 0 Å². The molecule has 0 radical (unpaired) electrons. The topological polar surface area (TPSA) is 107 Å². The van der Waals surface area contributed by atoms with Gasteiger partial charge in [-0.15, -0.1) is 0 Å². The zero-order valence-electron chi connectivity index (χ0n) is 10.5.